The van der Waals surface area contributed by atoms with E-state index in [9.17, 15) is 9.59 Å². The van der Waals surface area contributed by atoms with Gasteiger partial charge in [0.25, 0.3) is 5.91 Å². The van der Waals surface area contributed by atoms with Crippen LogP contribution in [0, 0.1) is 0 Å². The number of nitrogens with one attached hydrogen (secondary N) is 1. The van der Waals surface area contributed by atoms with Crippen LogP contribution < -0.4 is 5.32 Å². The molecular formula is C26H25Cl2N3O2. The second kappa shape index (κ2) is 10.8. The van der Waals surface area contributed by atoms with Gasteiger partial charge in [-0.05, 0) is 29.3 Å². The van der Waals surface area contributed by atoms with Crippen molar-refractivity contribution >= 4 is 35.0 Å². The Morgan fingerprint density at radius 1 is 0.848 bits per heavy atom. The van der Waals surface area contributed by atoms with Gasteiger partial charge in [0.15, 0.2) is 0 Å². The van der Waals surface area contributed by atoms with Crippen LogP contribution in [0.3, 0.4) is 0 Å². The van der Waals surface area contributed by atoms with E-state index < -0.39 is 6.04 Å². The molecule has 0 radical (unpaired) electrons. The van der Waals surface area contributed by atoms with Crippen LogP contribution in [0.5, 0.6) is 0 Å². The molecule has 0 bridgehead atoms. The third-order valence-electron chi connectivity index (χ3n) is 5.80. The SMILES string of the molecule is O=C(NCc1ccccc1)[C@H](c1ccccc1)N1CCN(C(=O)c2cc(Cl)ccc2Cl)CC1. The van der Waals surface area contributed by atoms with E-state index in [2.05, 4.69) is 10.2 Å². The Kier molecular flexibility index (Phi) is 7.65. The summed E-state index contributed by atoms with van der Waals surface area (Å²) >= 11 is 12.3. The number of piperazine rings is 1. The van der Waals surface area contributed by atoms with E-state index in [4.69, 9.17) is 23.2 Å². The monoisotopic (exact) mass is 481 g/mol. The molecule has 1 N–H and O–H groups in total. The zero-order valence-corrected chi connectivity index (χ0v) is 19.6. The van der Waals surface area contributed by atoms with Crippen molar-refractivity contribution in [1.29, 1.82) is 0 Å². The zero-order chi connectivity index (χ0) is 23.2. The van der Waals surface area contributed by atoms with Gasteiger partial charge < -0.3 is 10.2 Å². The van der Waals surface area contributed by atoms with E-state index in [1.165, 1.54) is 0 Å². The molecule has 1 fully saturated rings. The van der Waals surface area contributed by atoms with E-state index in [1.54, 1.807) is 23.1 Å². The molecule has 5 nitrogen and oxygen atoms in total. The van der Waals surface area contributed by atoms with Gasteiger partial charge in [-0.15, -0.1) is 0 Å². The van der Waals surface area contributed by atoms with E-state index in [0.29, 0.717) is 48.3 Å². The van der Waals surface area contributed by atoms with Crippen molar-refractivity contribution in [3.8, 4) is 0 Å². The average molecular weight is 482 g/mol. The van der Waals surface area contributed by atoms with Crippen LogP contribution in [-0.2, 0) is 11.3 Å². The lowest BCUT2D eigenvalue weighted by Gasteiger charge is -2.39. The highest BCUT2D eigenvalue weighted by Gasteiger charge is 2.32. The molecule has 1 aliphatic rings. The Morgan fingerprint density at radius 2 is 1.48 bits per heavy atom. The summed E-state index contributed by atoms with van der Waals surface area (Å²) in [7, 11) is 0. The molecule has 3 aromatic carbocycles. The summed E-state index contributed by atoms with van der Waals surface area (Å²) in [4.78, 5) is 30.2. The third kappa shape index (κ3) is 5.74. The van der Waals surface area contributed by atoms with Gasteiger partial charge in [-0.25, -0.2) is 0 Å². The topological polar surface area (TPSA) is 52.7 Å². The fraction of sp³-hybridized carbons (Fsp3) is 0.231. The first-order valence-corrected chi connectivity index (χ1v) is 11.6. The number of hydrogen-bond donors (Lipinski definition) is 1. The summed E-state index contributed by atoms with van der Waals surface area (Å²) in [6.07, 6.45) is 0. The lowest BCUT2D eigenvalue weighted by Crippen LogP contribution is -2.52. The number of rotatable bonds is 6. The molecule has 1 atom stereocenters. The van der Waals surface area contributed by atoms with Crippen molar-refractivity contribution in [3.05, 3.63) is 106 Å². The summed E-state index contributed by atoms with van der Waals surface area (Å²) in [6, 6.07) is 24.1. The van der Waals surface area contributed by atoms with Crippen molar-refractivity contribution in [3.63, 3.8) is 0 Å². The molecule has 33 heavy (non-hydrogen) atoms. The first-order valence-electron chi connectivity index (χ1n) is 10.9. The Bertz CT molecular complexity index is 1100. The van der Waals surface area contributed by atoms with Gasteiger partial charge in [0, 0.05) is 37.7 Å². The molecule has 0 aromatic heterocycles. The second-order valence-electron chi connectivity index (χ2n) is 7.97. The molecule has 0 aliphatic carbocycles. The van der Waals surface area contributed by atoms with E-state index in [1.807, 2.05) is 60.7 Å². The van der Waals surface area contributed by atoms with Crippen LogP contribution in [0.1, 0.15) is 27.5 Å². The second-order valence-corrected chi connectivity index (χ2v) is 8.81. The van der Waals surface area contributed by atoms with Gasteiger partial charge in [-0.3, -0.25) is 14.5 Å². The Hall–Kier alpha value is -2.86. The van der Waals surface area contributed by atoms with Gasteiger partial charge in [0.05, 0.1) is 10.6 Å². The molecule has 1 saturated heterocycles. The molecule has 2 amide bonds. The first kappa shape index (κ1) is 23.3. The van der Waals surface area contributed by atoms with Gasteiger partial charge in [-0.2, -0.15) is 0 Å². The minimum atomic E-state index is -0.429. The third-order valence-corrected chi connectivity index (χ3v) is 6.36. The van der Waals surface area contributed by atoms with Crippen molar-refractivity contribution in [2.24, 2.45) is 0 Å². The van der Waals surface area contributed by atoms with Crippen molar-refractivity contribution in [2.75, 3.05) is 26.2 Å². The minimum absolute atomic E-state index is 0.0530. The van der Waals surface area contributed by atoms with Crippen LogP contribution in [0.15, 0.2) is 78.9 Å². The maximum Gasteiger partial charge on any atom is 0.255 e. The number of carbonyl (C=O) groups excluding carboxylic acids is 2. The summed E-state index contributed by atoms with van der Waals surface area (Å²) in [5, 5.41) is 3.93. The summed E-state index contributed by atoms with van der Waals surface area (Å²) in [5.74, 6) is -0.199. The van der Waals surface area contributed by atoms with Crippen LogP contribution in [0.2, 0.25) is 10.0 Å². The molecule has 0 spiro atoms. The maximum atomic E-state index is 13.3. The lowest BCUT2D eigenvalue weighted by atomic mass is 10.0. The van der Waals surface area contributed by atoms with Crippen LogP contribution in [0.4, 0.5) is 0 Å². The van der Waals surface area contributed by atoms with Crippen LogP contribution >= 0.6 is 23.2 Å². The predicted octanol–water partition coefficient (Wildman–Crippen LogP) is 4.81. The lowest BCUT2D eigenvalue weighted by molar-refractivity contribution is -0.127. The Balaban J connectivity index is 1.45. The average Bonchev–Trinajstić information content (AvgIpc) is 2.86. The molecule has 0 saturated carbocycles. The Morgan fingerprint density at radius 3 is 2.15 bits per heavy atom. The number of hydrogen-bond acceptors (Lipinski definition) is 3. The summed E-state index contributed by atoms with van der Waals surface area (Å²) in [5.41, 5.74) is 2.38. The smallest absolute Gasteiger partial charge is 0.255 e. The van der Waals surface area contributed by atoms with Gasteiger partial charge >= 0.3 is 0 Å². The minimum Gasteiger partial charge on any atom is -0.350 e. The maximum absolute atomic E-state index is 13.3. The fourth-order valence-corrected chi connectivity index (χ4v) is 4.43. The normalized spacial score (nSPS) is 15.2. The number of benzene rings is 3. The highest BCUT2D eigenvalue weighted by molar-refractivity contribution is 6.35. The molecular weight excluding hydrogens is 457 g/mol. The van der Waals surface area contributed by atoms with Crippen LogP contribution in [0.25, 0.3) is 0 Å². The van der Waals surface area contributed by atoms with E-state index >= 15 is 0 Å². The van der Waals surface area contributed by atoms with Gasteiger partial charge in [0.2, 0.25) is 5.91 Å². The molecule has 0 unspecified atom stereocenters. The standard InChI is InChI=1S/C26H25Cl2N3O2/c27-21-11-12-23(28)22(17-21)26(33)31-15-13-30(14-16-31)24(20-9-5-2-6-10-20)25(32)29-18-19-7-3-1-4-8-19/h1-12,17,24H,13-16,18H2,(H,29,32)/t24-/m0/s1. The Labute approximate surface area is 203 Å². The largest absolute Gasteiger partial charge is 0.350 e. The predicted molar refractivity (Wildman–Crippen MR) is 131 cm³/mol. The zero-order valence-electron chi connectivity index (χ0n) is 18.1. The number of carbonyl (C=O) groups is 2. The summed E-state index contributed by atoms with van der Waals surface area (Å²) in [6.45, 7) is 2.60. The number of amides is 2. The molecule has 170 valence electrons. The summed E-state index contributed by atoms with van der Waals surface area (Å²) < 4.78 is 0. The first-order chi connectivity index (χ1) is 16.0. The highest BCUT2D eigenvalue weighted by atomic mass is 35.5. The van der Waals surface area contributed by atoms with Crippen molar-refractivity contribution in [1.82, 2.24) is 15.1 Å². The molecule has 1 heterocycles. The van der Waals surface area contributed by atoms with Crippen molar-refractivity contribution < 1.29 is 9.59 Å². The van der Waals surface area contributed by atoms with Gasteiger partial charge in [0.1, 0.15) is 6.04 Å². The van der Waals surface area contributed by atoms with Gasteiger partial charge in [-0.1, -0.05) is 83.9 Å². The molecule has 1 aliphatic heterocycles. The van der Waals surface area contributed by atoms with Crippen LogP contribution in [-0.4, -0.2) is 47.8 Å². The quantitative estimate of drug-likeness (QED) is 0.549. The van der Waals surface area contributed by atoms with E-state index in [-0.39, 0.29) is 11.8 Å². The molecule has 4 rings (SSSR count). The molecule has 3 aromatic rings. The highest BCUT2D eigenvalue weighted by Crippen LogP contribution is 2.26. The van der Waals surface area contributed by atoms with E-state index in [0.717, 1.165) is 11.1 Å². The number of nitrogens with zero attached hydrogens (tertiary/aromatic N) is 2. The fourth-order valence-electron chi connectivity index (χ4n) is 4.06. The molecule has 7 heteroatoms. The van der Waals surface area contributed by atoms with Crippen molar-refractivity contribution in [2.45, 2.75) is 12.6 Å². The number of halogens is 2.